The Hall–Kier alpha value is -3.42. The van der Waals surface area contributed by atoms with Gasteiger partial charge in [-0.1, -0.05) is 11.6 Å². The van der Waals surface area contributed by atoms with E-state index in [1.807, 2.05) is 0 Å². The van der Waals surface area contributed by atoms with Crippen LogP contribution in [0.15, 0.2) is 40.4 Å². The number of nitrogens with one attached hydrogen (secondary N) is 1. The van der Waals surface area contributed by atoms with E-state index in [0.717, 1.165) is 6.07 Å². The van der Waals surface area contributed by atoms with Crippen LogP contribution in [0, 0.1) is 21.4 Å². The third-order valence-electron chi connectivity index (χ3n) is 3.58. The predicted octanol–water partition coefficient (Wildman–Crippen LogP) is 4.49. The van der Waals surface area contributed by atoms with Crippen LogP contribution in [0.2, 0.25) is 5.02 Å². The van der Waals surface area contributed by atoms with Gasteiger partial charge in [-0.3, -0.25) is 19.7 Å². The quantitative estimate of drug-likeness (QED) is 0.156. The number of ether oxygens (including phenoxy) is 2. The normalized spacial score (nSPS) is 10.7. The Morgan fingerprint density at radius 2 is 2.03 bits per heavy atom. The van der Waals surface area contributed by atoms with Crippen LogP contribution in [0.4, 0.5) is 11.4 Å². The van der Waals surface area contributed by atoms with Crippen molar-refractivity contribution in [3.63, 3.8) is 0 Å². The second kappa shape index (κ2) is 9.87. The highest BCUT2D eigenvalue weighted by Gasteiger charge is 2.19. The summed E-state index contributed by atoms with van der Waals surface area (Å²) in [4.78, 5) is 34.2. The number of nitrogens with zero attached hydrogens (tertiary/aromatic N) is 2. The number of esters is 1. The first-order valence-electron chi connectivity index (χ1n) is 8.09. The Morgan fingerprint density at radius 1 is 1.33 bits per heavy atom. The lowest BCUT2D eigenvalue weighted by Gasteiger charge is -2.11. The number of benzene rings is 2. The average Bonchev–Trinajstić information content (AvgIpc) is 2.68. The molecule has 11 heteroatoms. The van der Waals surface area contributed by atoms with Crippen LogP contribution in [-0.2, 0) is 9.59 Å². The molecule has 2 rings (SSSR count). The van der Waals surface area contributed by atoms with E-state index in [1.54, 1.807) is 6.07 Å². The van der Waals surface area contributed by atoms with E-state index in [0.29, 0.717) is 10.0 Å². The van der Waals surface area contributed by atoms with E-state index in [-0.39, 0.29) is 27.8 Å². The van der Waals surface area contributed by atoms with E-state index in [1.165, 1.54) is 44.4 Å². The number of hydrogen-bond donors (Lipinski definition) is 1. The summed E-state index contributed by atoms with van der Waals surface area (Å²) in [6.07, 6.45) is 1.25. The number of nitro groups is 1. The fraction of sp³-hybridized carbons (Fsp3) is 0.105. The lowest BCUT2D eigenvalue weighted by Crippen LogP contribution is -2.14. The highest BCUT2D eigenvalue weighted by atomic mass is 79.9. The summed E-state index contributed by atoms with van der Waals surface area (Å²) < 4.78 is 10.6. The summed E-state index contributed by atoms with van der Waals surface area (Å²) >= 11 is 9.00. The standard InChI is InChI=1S/C19H13BrClN3O6/c1-10(25)30-18-14(20)6-11(7-17(18)29-2)5-12(9-22)19(26)23-15-4-3-13(21)8-16(15)24(27)28/h3-8H,1-2H3,(H,23,26)/b12-5+. The van der Waals surface area contributed by atoms with E-state index in [4.69, 9.17) is 21.1 Å². The Balaban J connectivity index is 2.40. The van der Waals surface area contributed by atoms with Crippen molar-refractivity contribution in [1.82, 2.24) is 0 Å². The zero-order chi connectivity index (χ0) is 22.4. The van der Waals surface area contributed by atoms with Crippen molar-refractivity contribution in [2.24, 2.45) is 0 Å². The lowest BCUT2D eigenvalue weighted by molar-refractivity contribution is -0.383. The number of nitriles is 1. The van der Waals surface area contributed by atoms with Crippen LogP contribution in [-0.4, -0.2) is 23.9 Å². The largest absolute Gasteiger partial charge is 0.493 e. The fourth-order valence-corrected chi connectivity index (χ4v) is 3.04. The zero-order valence-electron chi connectivity index (χ0n) is 15.6. The topological polar surface area (TPSA) is 132 Å². The van der Waals surface area contributed by atoms with Gasteiger partial charge in [-0.25, -0.2) is 0 Å². The van der Waals surface area contributed by atoms with Gasteiger partial charge in [0.25, 0.3) is 11.6 Å². The predicted molar refractivity (Wildman–Crippen MR) is 112 cm³/mol. The Morgan fingerprint density at radius 3 is 2.60 bits per heavy atom. The molecule has 0 radical (unpaired) electrons. The van der Waals surface area contributed by atoms with Crippen molar-refractivity contribution in [2.75, 3.05) is 12.4 Å². The number of carbonyl (C=O) groups excluding carboxylic acids is 2. The fourth-order valence-electron chi connectivity index (χ4n) is 2.33. The Bertz CT molecular complexity index is 1110. The molecule has 1 amide bonds. The summed E-state index contributed by atoms with van der Waals surface area (Å²) in [7, 11) is 1.36. The number of nitro benzene ring substituents is 1. The van der Waals surface area contributed by atoms with Gasteiger partial charge in [0.05, 0.1) is 16.5 Å². The Labute approximate surface area is 184 Å². The van der Waals surface area contributed by atoms with E-state index < -0.39 is 22.5 Å². The molecule has 0 bridgehead atoms. The van der Waals surface area contributed by atoms with E-state index in [9.17, 15) is 25.0 Å². The first-order valence-corrected chi connectivity index (χ1v) is 9.26. The summed E-state index contributed by atoms with van der Waals surface area (Å²) in [5, 5.41) is 23.0. The van der Waals surface area contributed by atoms with Crippen LogP contribution < -0.4 is 14.8 Å². The van der Waals surface area contributed by atoms with Crippen molar-refractivity contribution >= 4 is 56.9 Å². The summed E-state index contributed by atoms with van der Waals surface area (Å²) in [6, 6.07) is 8.43. The monoisotopic (exact) mass is 493 g/mol. The maximum absolute atomic E-state index is 12.5. The molecular formula is C19H13BrClN3O6. The van der Waals surface area contributed by atoms with Crippen molar-refractivity contribution in [1.29, 1.82) is 5.26 Å². The molecule has 0 heterocycles. The number of halogens is 2. The highest BCUT2D eigenvalue weighted by molar-refractivity contribution is 9.10. The number of methoxy groups -OCH3 is 1. The second-order valence-electron chi connectivity index (χ2n) is 5.67. The van der Waals surface area contributed by atoms with Crippen molar-refractivity contribution in [3.8, 4) is 17.6 Å². The number of anilines is 1. The van der Waals surface area contributed by atoms with Crippen molar-refractivity contribution in [2.45, 2.75) is 6.92 Å². The number of rotatable bonds is 6. The maximum atomic E-state index is 12.5. The summed E-state index contributed by atoms with van der Waals surface area (Å²) in [6.45, 7) is 1.23. The van der Waals surface area contributed by atoms with Gasteiger partial charge in [0, 0.05) is 18.0 Å². The van der Waals surface area contributed by atoms with Gasteiger partial charge in [-0.2, -0.15) is 5.26 Å². The first-order chi connectivity index (χ1) is 14.2. The molecule has 2 aromatic carbocycles. The van der Waals surface area contributed by atoms with Gasteiger partial charge < -0.3 is 14.8 Å². The molecule has 0 unspecified atom stereocenters. The smallest absolute Gasteiger partial charge is 0.308 e. The van der Waals surface area contributed by atoms with Gasteiger partial charge in [0.1, 0.15) is 17.3 Å². The third kappa shape index (κ3) is 5.56. The van der Waals surface area contributed by atoms with Gasteiger partial charge in [0.2, 0.25) is 0 Å². The molecule has 0 aromatic heterocycles. The van der Waals surface area contributed by atoms with E-state index >= 15 is 0 Å². The summed E-state index contributed by atoms with van der Waals surface area (Å²) in [5.74, 6) is -1.08. The zero-order valence-corrected chi connectivity index (χ0v) is 17.9. The van der Waals surface area contributed by atoms with Gasteiger partial charge in [-0.05, 0) is 51.8 Å². The molecule has 0 spiro atoms. The first kappa shape index (κ1) is 22.9. The molecule has 1 N–H and O–H groups in total. The molecule has 0 aliphatic rings. The molecule has 2 aromatic rings. The van der Waals surface area contributed by atoms with Gasteiger partial charge >= 0.3 is 5.97 Å². The van der Waals surface area contributed by atoms with Crippen molar-refractivity contribution in [3.05, 3.63) is 61.1 Å². The SMILES string of the molecule is COc1cc(/C=C(\C#N)C(=O)Nc2ccc(Cl)cc2[N+](=O)[O-])cc(Br)c1OC(C)=O. The van der Waals surface area contributed by atoms with Crippen LogP contribution in [0.25, 0.3) is 6.08 Å². The van der Waals surface area contributed by atoms with Crippen LogP contribution >= 0.6 is 27.5 Å². The van der Waals surface area contributed by atoms with Crippen molar-refractivity contribution < 1.29 is 24.0 Å². The molecule has 9 nitrogen and oxygen atoms in total. The number of amides is 1. The molecule has 0 aliphatic carbocycles. The van der Waals surface area contributed by atoms with Gasteiger partial charge in [0.15, 0.2) is 11.5 Å². The van der Waals surface area contributed by atoms with E-state index in [2.05, 4.69) is 21.2 Å². The minimum atomic E-state index is -0.859. The van der Waals surface area contributed by atoms with Crippen LogP contribution in [0.1, 0.15) is 12.5 Å². The summed E-state index contributed by atoms with van der Waals surface area (Å²) in [5.41, 5.74) is -0.469. The number of carbonyl (C=O) groups is 2. The molecule has 0 aliphatic heterocycles. The van der Waals surface area contributed by atoms with Crippen LogP contribution in [0.5, 0.6) is 11.5 Å². The van der Waals surface area contributed by atoms with Gasteiger partial charge in [-0.15, -0.1) is 0 Å². The lowest BCUT2D eigenvalue weighted by atomic mass is 10.1. The minimum Gasteiger partial charge on any atom is -0.493 e. The molecule has 0 fully saturated rings. The molecular weight excluding hydrogens is 482 g/mol. The maximum Gasteiger partial charge on any atom is 0.308 e. The second-order valence-corrected chi connectivity index (χ2v) is 6.96. The average molecular weight is 495 g/mol. The highest BCUT2D eigenvalue weighted by Crippen LogP contribution is 2.37. The molecule has 0 atom stereocenters. The molecule has 30 heavy (non-hydrogen) atoms. The molecule has 154 valence electrons. The number of hydrogen-bond acceptors (Lipinski definition) is 7. The Kier molecular flexibility index (Phi) is 7.52. The third-order valence-corrected chi connectivity index (χ3v) is 4.40. The molecule has 0 saturated heterocycles. The minimum absolute atomic E-state index is 0.112. The van der Waals surface area contributed by atoms with Crippen LogP contribution in [0.3, 0.4) is 0 Å². The molecule has 0 saturated carbocycles.